The number of thioether (sulfide) groups is 4. The highest BCUT2D eigenvalue weighted by Crippen LogP contribution is 2.52. The molecule has 6 aromatic carbocycles. The molecule has 604 valence electrons. The van der Waals surface area contributed by atoms with E-state index in [0.717, 1.165) is 44.9 Å². The van der Waals surface area contributed by atoms with E-state index in [0.29, 0.717) is 103 Å². The Morgan fingerprint density at radius 1 is 0.339 bits per heavy atom. The molecule has 29 heteroatoms. The first-order chi connectivity index (χ1) is 56.0. The van der Waals surface area contributed by atoms with Crippen LogP contribution in [0.3, 0.4) is 0 Å². The molecule has 12 atom stereocenters. The third-order valence-electron chi connectivity index (χ3n) is 22.3. The second-order valence-corrected chi connectivity index (χ2v) is 33.8. The monoisotopic (exact) mass is 1640 g/mol. The van der Waals surface area contributed by atoms with Gasteiger partial charge in [-0.1, -0.05) is 109 Å². The molecule has 4 aliphatic heterocycles. The Bertz CT molecular complexity index is 5280. The molecule has 4 saturated heterocycles. The van der Waals surface area contributed by atoms with Crippen molar-refractivity contribution in [1.29, 1.82) is 0 Å². The standard InChI is InChI=1S/C86H94N8O17S4/c1-103-65-23-15-60(16-24-65)85(59-11-7-5-8-12-59,61-17-25-66(104-2)26-18-61)107-43-35-69-55(47-77(108-69)91-39-31-73(95)87-81(91)99)51-112-44-36-70-56(48-78(109-70)92-40-32-74(96)88-82(92)100)52-113-45-37-71-57(49-79(110-71)93-41-33-75(97)89-83(93)101)53-114-46-38-72-58(50-80(111-72)94-42-34-76(98)90-84(94)102)54-115-86(62-13-9-6-10-14-62,63-19-27-67(105-3)28-20-63)64-21-29-68(106-4)30-22-64/h5-34,39-42,55-58,69-72,77-80H,35-38,43-54H2,1-4H3,(H,87,95,99)(H,88,96,100)(H,89,97,101)(H,90,98,102)/t55-,56-,57-,58-,69-,70-,71-,72-,77-,78-,79-,80-/m1/s1. The average molecular weight is 1640 g/mol. The van der Waals surface area contributed by atoms with Crippen LogP contribution < -0.4 is 63.9 Å². The van der Waals surface area contributed by atoms with Gasteiger partial charge < -0.3 is 42.6 Å². The van der Waals surface area contributed by atoms with Gasteiger partial charge in [-0.15, -0.1) is 11.8 Å². The summed E-state index contributed by atoms with van der Waals surface area (Å²) >= 11 is 7.11. The zero-order valence-electron chi connectivity index (χ0n) is 64.2. The molecule has 14 rings (SSSR count). The molecule has 4 fully saturated rings. The van der Waals surface area contributed by atoms with Crippen molar-refractivity contribution in [2.24, 2.45) is 23.7 Å². The van der Waals surface area contributed by atoms with E-state index >= 15 is 0 Å². The van der Waals surface area contributed by atoms with Crippen molar-refractivity contribution in [3.05, 3.63) is 324 Å². The lowest BCUT2D eigenvalue weighted by molar-refractivity contribution is -0.0438. The number of benzene rings is 6. The molecule has 0 aliphatic carbocycles. The van der Waals surface area contributed by atoms with Gasteiger partial charge in [-0.25, -0.2) is 19.2 Å². The summed E-state index contributed by atoms with van der Waals surface area (Å²) in [5.41, 5.74) is 0.516. The minimum atomic E-state index is -1.08. The summed E-state index contributed by atoms with van der Waals surface area (Å²) < 4.78 is 62.3. The summed E-state index contributed by atoms with van der Waals surface area (Å²) in [6.45, 7) is 0.249. The van der Waals surface area contributed by atoms with Gasteiger partial charge in [0.05, 0.1) is 64.2 Å². The number of hydrogen-bond donors (Lipinski definition) is 4. The molecule has 8 heterocycles. The number of rotatable bonds is 36. The van der Waals surface area contributed by atoms with Crippen LogP contribution in [-0.4, -0.2) is 138 Å². The summed E-state index contributed by atoms with van der Waals surface area (Å²) in [6, 6.07) is 57.9. The molecule has 4 aromatic heterocycles. The largest absolute Gasteiger partial charge is 0.497 e. The van der Waals surface area contributed by atoms with Crippen molar-refractivity contribution in [3.8, 4) is 23.0 Å². The van der Waals surface area contributed by atoms with Gasteiger partial charge in [0, 0.05) is 54.8 Å². The molecule has 0 bridgehead atoms. The van der Waals surface area contributed by atoms with Gasteiger partial charge in [-0.3, -0.25) is 57.4 Å². The molecule has 115 heavy (non-hydrogen) atoms. The van der Waals surface area contributed by atoms with Crippen molar-refractivity contribution >= 4 is 47.0 Å². The molecule has 4 aliphatic rings. The molecular weight excluding hydrogens is 1550 g/mol. The Labute approximate surface area is 680 Å². The predicted octanol–water partition coefficient (Wildman–Crippen LogP) is 11.3. The normalized spacial score (nSPS) is 22.2. The number of ether oxygens (including phenoxy) is 9. The van der Waals surface area contributed by atoms with E-state index in [1.807, 2.05) is 109 Å². The van der Waals surface area contributed by atoms with E-state index in [1.165, 1.54) is 67.3 Å². The van der Waals surface area contributed by atoms with E-state index in [4.69, 9.17) is 42.6 Å². The second-order valence-electron chi connectivity index (χ2n) is 29.1. The molecule has 10 aromatic rings. The first kappa shape index (κ1) is 82.0. The van der Waals surface area contributed by atoms with Crippen LogP contribution in [0, 0.1) is 23.7 Å². The second kappa shape index (κ2) is 38.0. The summed E-state index contributed by atoms with van der Waals surface area (Å²) in [5.74, 6) is 7.47. The van der Waals surface area contributed by atoms with Crippen LogP contribution in [0.25, 0.3) is 0 Å². The van der Waals surface area contributed by atoms with Crippen molar-refractivity contribution in [2.45, 2.75) is 111 Å². The van der Waals surface area contributed by atoms with Crippen LogP contribution in [-0.2, 0) is 34.0 Å². The molecular formula is C86H94N8O17S4. The molecule has 0 radical (unpaired) electrons. The van der Waals surface area contributed by atoms with Gasteiger partial charge in [0.1, 0.15) is 53.5 Å². The van der Waals surface area contributed by atoms with Crippen LogP contribution in [0.5, 0.6) is 23.0 Å². The van der Waals surface area contributed by atoms with E-state index in [9.17, 15) is 38.4 Å². The molecule has 0 unspecified atom stereocenters. The molecule has 25 nitrogen and oxygen atoms in total. The topological polar surface area (TPSA) is 303 Å². The van der Waals surface area contributed by atoms with Gasteiger partial charge in [-0.05, 0) is 191 Å². The zero-order valence-corrected chi connectivity index (χ0v) is 67.5. The maximum atomic E-state index is 13.5. The third kappa shape index (κ3) is 19.0. The summed E-state index contributed by atoms with van der Waals surface area (Å²) in [6.07, 6.45) is 6.61. The van der Waals surface area contributed by atoms with Gasteiger partial charge >= 0.3 is 22.8 Å². The van der Waals surface area contributed by atoms with Crippen LogP contribution in [0.15, 0.2) is 245 Å². The van der Waals surface area contributed by atoms with Crippen molar-refractivity contribution in [1.82, 2.24) is 38.2 Å². The van der Waals surface area contributed by atoms with E-state index in [2.05, 4.69) is 68.5 Å². The first-order valence-corrected chi connectivity index (χ1v) is 43.1. The number of hydrogen-bond acceptors (Lipinski definition) is 21. The fourth-order valence-corrected chi connectivity index (χ4v) is 21.8. The van der Waals surface area contributed by atoms with Crippen LogP contribution >= 0.6 is 47.0 Å². The number of nitrogens with zero attached hydrogens (tertiary/aromatic N) is 4. The Hall–Kier alpha value is -9.56. The highest BCUT2D eigenvalue weighted by atomic mass is 32.2. The van der Waals surface area contributed by atoms with E-state index in [-0.39, 0.29) is 54.7 Å². The highest BCUT2D eigenvalue weighted by molar-refractivity contribution is 8.00. The summed E-state index contributed by atoms with van der Waals surface area (Å²) in [5, 5.41) is 0. The van der Waals surface area contributed by atoms with Crippen molar-refractivity contribution < 1.29 is 42.6 Å². The van der Waals surface area contributed by atoms with E-state index in [1.54, 1.807) is 75.5 Å². The van der Waals surface area contributed by atoms with Crippen LogP contribution in [0.2, 0.25) is 0 Å². The maximum Gasteiger partial charge on any atom is 0.330 e. The Kier molecular flexibility index (Phi) is 27.1. The quantitative estimate of drug-likeness (QED) is 0.0209. The summed E-state index contributed by atoms with van der Waals surface area (Å²) in [7, 11) is 6.57. The van der Waals surface area contributed by atoms with Crippen molar-refractivity contribution in [2.75, 3.05) is 75.3 Å². The average Bonchev–Trinajstić information content (AvgIpc) is 0.819. The smallest absolute Gasteiger partial charge is 0.330 e. The fraction of sp³-hybridized carbons (Fsp3) is 0.395. The van der Waals surface area contributed by atoms with Crippen LogP contribution in [0.1, 0.15) is 110 Å². The molecule has 0 amide bonds. The minimum absolute atomic E-state index is 0.00112. The van der Waals surface area contributed by atoms with Crippen molar-refractivity contribution in [3.63, 3.8) is 0 Å². The number of aromatic amines is 4. The Morgan fingerprint density at radius 3 is 0.913 bits per heavy atom. The number of nitrogens with one attached hydrogen (secondary N) is 4. The Balaban J connectivity index is 0.652. The van der Waals surface area contributed by atoms with Gasteiger partial charge in [0.25, 0.3) is 22.2 Å². The zero-order chi connectivity index (χ0) is 80.0. The van der Waals surface area contributed by atoms with Gasteiger partial charge in [-0.2, -0.15) is 35.3 Å². The number of methoxy groups -OCH3 is 4. The lowest BCUT2D eigenvalue weighted by Gasteiger charge is -2.37. The lowest BCUT2D eigenvalue weighted by Crippen LogP contribution is -2.34. The number of aromatic nitrogens is 8. The van der Waals surface area contributed by atoms with Gasteiger partial charge in [0.2, 0.25) is 0 Å². The maximum absolute atomic E-state index is 13.5. The van der Waals surface area contributed by atoms with E-state index < -0.39 is 80.3 Å². The Morgan fingerprint density at radius 2 is 0.609 bits per heavy atom. The SMILES string of the molecule is COc1ccc(C(OCC[C@H]2O[C@@H](n3ccc(=O)[nH]c3=O)C[C@@H]2CSCC[C@H]2O[C@@H](n3ccc(=O)[nH]c3=O)C[C@@H]2CSCC[C@H]2O[C@@H](n3ccc(=O)[nH]c3=O)C[C@@H]2CSCC[C@H]2O[C@@H](n3ccc(=O)[nH]c3=O)C[C@@H]2CSC(c2ccccc2)(c2ccc(OC)cc2)c2ccc(OC)cc2)(c2ccccc2)c2ccc(OC)cc2)cc1. The van der Waals surface area contributed by atoms with Gasteiger partial charge in [0.15, 0.2) is 0 Å². The lowest BCUT2D eigenvalue weighted by atomic mass is 9.80. The highest BCUT2D eigenvalue weighted by Gasteiger charge is 2.45. The molecule has 0 spiro atoms. The number of H-pyrrole nitrogens is 4. The molecule has 0 saturated carbocycles. The minimum Gasteiger partial charge on any atom is -0.497 e. The first-order valence-electron chi connectivity index (χ1n) is 38.6. The molecule has 4 N–H and O–H groups in total. The van der Waals surface area contributed by atoms with Crippen LogP contribution in [0.4, 0.5) is 0 Å². The third-order valence-corrected chi connectivity index (χ3v) is 27.6. The fourth-order valence-electron chi connectivity index (χ4n) is 16.4. The summed E-state index contributed by atoms with van der Waals surface area (Å²) in [4.78, 5) is 113. The predicted molar refractivity (Wildman–Crippen MR) is 447 cm³/mol.